The van der Waals surface area contributed by atoms with Crippen molar-refractivity contribution in [1.82, 2.24) is 0 Å². The number of halogens is 1. The summed E-state index contributed by atoms with van der Waals surface area (Å²) in [7, 11) is -1.29. The van der Waals surface area contributed by atoms with Crippen LogP contribution in [0.3, 0.4) is 0 Å². The van der Waals surface area contributed by atoms with E-state index in [1.165, 1.54) is 18.2 Å². The zero-order chi connectivity index (χ0) is 12.8. The third-order valence-corrected chi connectivity index (χ3v) is 3.58. The van der Waals surface area contributed by atoms with E-state index in [9.17, 15) is 13.4 Å². The number of carbonyl (C=O) groups excluding carboxylic acids is 1. The van der Waals surface area contributed by atoms with Gasteiger partial charge in [0.1, 0.15) is 5.82 Å². The Kier molecular flexibility index (Phi) is 5.09. The van der Waals surface area contributed by atoms with E-state index < -0.39 is 16.6 Å². The summed E-state index contributed by atoms with van der Waals surface area (Å²) >= 11 is 0. The Morgan fingerprint density at radius 1 is 1.29 bits per heavy atom. The fourth-order valence-electron chi connectivity index (χ4n) is 1.37. The second-order valence-electron chi connectivity index (χ2n) is 3.69. The van der Waals surface area contributed by atoms with Crippen LogP contribution in [0.5, 0.6) is 0 Å². The monoisotopic (exact) mass is 258 g/mol. The third kappa shape index (κ3) is 4.95. The van der Waals surface area contributed by atoms with Crippen molar-refractivity contribution in [3.05, 3.63) is 24.0 Å². The first-order valence-electron chi connectivity index (χ1n) is 5.22. The van der Waals surface area contributed by atoms with Gasteiger partial charge in [0, 0.05) is 22.8 Å². The van der Waals surface area contributed by atoms with Gasteiger partial charge in [-0.3, -0.25) is 9.00 Å². The highest BCUT2D eigenvalue weighted by molar-refractivity contribution is 7.85. The highest BCUT2D eigenvalue weighted by Gasteiger charge is 2.07. The predicted molar refractivity (Wildman–Crippen MR) is 65.1 cm³/mol. The number of carbonyl (C=O) groups is 1. The molecule has 1 atom stereocenters. The van der Waals surface area contributed by atoms with E-state index in [-0.39, 0.29) is 18.0 Å². The Labute approximate surface area is 102 Å². The lowest BCUT2D eigenvalue weighted by molar-refractivity contribution is -0.118. The van der Waals surface area contributed by atoms with Gasteiger partial charge in [-0.2, -0.15) is 0 Å². The minimum Gasteiger partial charge on any atom is -0.399 e. The van der Waals surface area contributed by atoms with Crippen LogP contribution in [0.25, 0.3) is 0 Å². The average Bonchev–Trinajstić information content (AvgIpc) is 2.22. The van der Waals surface area contributed by atoms with Crippen LogP contribution in [0.1, 0.15) is 19.3 Å². The zero-order valence-corrected chi connectivity index (χ0v) is 10.1. The van der Waals surface area contributed by atoms with Gasteiger partial charge < -0.3 is 11.5 Å². The number of benzene rings is 1. The smallest absolute Gasteiger partial charge is 0.217 e. The second kappa shape index (κ2) is 6.34. The van der Waals surface area contributed by atoms with E-state index in [1.54, 1.807) is 0 Å². The molecule has 4 nitrogen and oxygen atoms in total. The van der Waals surface area contributed by atoms with Gasteiger partial charge in [0.25, 0.3) is 0 Å². The molecule has 0 heterocycles. The summed E-state index contributed by atoms with van der Waals surface area (Å²) in [6.07, 6.45) is 1.47. The third-order valence-electron chi connectivity index (χ3n) is 2.16. The van der Waals surface area contributed by atoms with Crippen LogP contribution >= 0.6 is 0 Å². The molecule has 0 saturated carbocycles. The van der Waals surface area contributed by atoms with Crippen molar-refractivity contribution < 1.29 is 13.4 Å². The number of anilines is 1. The molecule has 4 N–H and O–H groups in total. The summed E-state index contributed by atoms with van der Waals surface area (Å²) in [6.45, 7) is 0. The Balaban J connectivity index is 2.49. The van der Waals surface area contributed by atoms with Crippen molar-refractivity contribution >= 4 is 22.4 Å². The average molecular weight is 258 g/mol. The quantitative estimate of drug-likeness (QED) is 0.593. The molecule has 1 amide bonds. The van der Waals surface area contributed by atoms with Gasteiger partial charge in [0.15, 0.2) is 0 Å². The standard InChI is InChI=1S/C11H15FN2O2S/c12-8-5-9(13)7-10(6-8)17(16)4-2-1-3-11(14)15/h5-7H,1-4,13H2,(H2,14,15). The Morgan fingerprint density at radius 3 is 2.59 bits per heavy atom. The Morgan fingerprint density at radius 2 is 2.00 bits per heavy atom. The fraction of sp³-hybridized carbons (Fsp3) is 0.364. The molecule has 0 radical (unpaired) electrons. The van der Waals surface area contributed by atoms with Crippen molar-refractivity contribution in [2.75, 3.05) is 11.5 Å². The topological polar surface area (TPSA) is 86.2 Å². The molecule has 1 aromatic carbocycles. The van der Waals surface area contributed by atoms with Gasteiger partial charge in [0.2, 0.25) is 5.91 Å². The van der Waals surface area contributed by atoms with Crippen LogP contribution in [-0.4, -0.2) is 15.9 Å². The molecule has 1 rings (SSSR count). The molecule has 0 aliphatic rings. The zero-order valence-electron chi connectivity index (χ0n) is 9.32. The van der Waals surface area contributed by atoms with Crippen LogP contribution in [0.4, 0.5) is 10.1 Å². The van der Waals surface area contributed by atoms with E-state index in [1.807, 2.05) is 0 Å². The maximum absolute atomic E-state index is 13.0. The van der Waals surface area contributed by atoms with Gasteiger partial charge in [-0.1, -0.05) is 0 Å². The van der Waals surface area contributed by atoms with Crippen molar-refractivity contribution in [3.63, 3.8) is 0 Å². The first-order chi connectivity index (χ1) is 7.99. The number of hydrogen-bond acceptors (Lipinski definition) is 3. The summed E-state index contributed by atoms with van der Waals surface area (Å²) in [5, 5.41) is 0. The minimum absolute atomic E-state index is 0.255. The highest BCUT2D eigenvalue weighted by atomic mass is 32.2. The molecule has 0 aromatic heterocycles. The van der Waals surface area contributed by atoms with Crippen molar-refractivity contribution in [3.8, 4) is 0 Å². The van der Waals surface area contributed by atoms with Gasteiger partial charge >= 0.3 is 0 Å². The van der Waals surface area contributed by atoms with Gasteiger partial charge in [0.05, 0.1) is 10.8 Å². The lowest BCUT2D eigenvalue weighted by atomic mass is 10.2. The number of primary amides is 1. The molecule has 6 heteroatoms. The van der Waals surface area contributed by atoms with Crippen LogP contribution in [0.15, 0.2) is 23.1 Å². The van der Waals surface area contributed by atoms with Crippen molar-refractivity contribution in [2.24, 2.45) is 5.73 Å². The fourth-order valence-corrected chi connectivity index (χ4v) is 2.58. The van der Waals surface area contributed by atoms with Crippen LogP contribution < -0.4 is 11.5 Å². The van der Waals surface area contributed by atoms with E-state index in [0.29, 0.717) is 23.5 Å². The normalized spacial score (nSPS) is 12.3. The Hall–Kier alpha value is -1.43. The number of hydrogen-bond donors (Lipinski definition) is 2. The molecule has 0 aliphatic heterocycles. The molecule has 0 bridgehead atoms. The summed E-state index contributed by atoms with van der Waals surface area (Å²) in [5.74, 6) is -0.493. The molecule has 1 unspecified atom stereocenters. The second-order valence-corrected chi connectivity index (χ2v) is 5.26. The number of amides is 1. The molecule has 0 saturated heterocycles. The van der Waals surface area contributed by atoms with Gasteiger partial charge in [-0.05, 0) is 31.0 Å². The van der Waals surface area contributed by atoms with Crippen LogP contribution in [0, 0.1) is 5.82 Å². The van der Waals surface area contributed by atoms with Gasteiger partial charge in [-0.15, -0.1) is 0 Å². The van der Waals surface area contributed by atoms with E-state index in [4.69, 9.17) is 11.5 Å². The molecule has 1 aromatic rings. The van der Waals surface area contributed by atoms with Crippen molar-refractivity contribution in [1.29, 1.82) is 0 Å². The predicted octanol–water partition coefficient (Wildman–Crippen LogP) is 1.17. The molecular formula is C11H15FN2O2S. The highest BCUT2D eigenvalue weighted by Crippen LogP contribution is 2.15. The number of unbranched alkanes of at least 4 members (excludes halogenated alkanes) is 1. The lowest BCUT2D eigenvalue weighted by Gasteiger charge is -2.03. The first-order valence-corrected chi connectivity index (χ1v) is 6.53. The number of nitrogens with two attached hydrogens (primary N) is 2. The number of nitrogen functional groups attached to an aromatic ring is 1. The summed E-state index contributed by atoms with van der Waals surface area (Å²) in [4.78, 5) is 10.9. The van der Waals surface area contributed by atoms with Crippen LogP contribution in [0.2, 0.25) is 0 Å². The summed E-state index contributed by atoms with van der Waals surface area (Å²) < 4.78 is 24.8. The molecular weight excluding hydrogens is 243 g/mol. The van der Waals surface area contributed by atoms with Gasteiger partial charge in [-0.25, -0.2) is 4.39 Å². The minimum atomic E-state index is -1.29. The maximum atomic E-state index is 13.0. The molecule has 0 fully saturated rings. The van der Waals surface area contributed by atoms with Crippen molar-refractivity contribution in [2.45, 2.75) is 24.2 Å². The van der Waals surface area contributed by atoms with E-state index in [0.717, 1.165) is 0 Å². The first kappa shape index (κ1) is 13.6. The SMILES string of the molecule is NC(=O)CCCCS(=O)c1cc(N)cc(F)c1. The number of rotatable bonds is 6. The lowest BCUT2D eigenvalue weighted by Crippen LogP contribution is -2.10. The molecule has 0 spiro atoms. The molecule has 94 valence electrons. The van der Waals surface area contributed by atoms with E-state index in [2.05, 4.69) is 0 Å². The molecule has 17 heavy (non-hydrogen) atoms. The largest absolute Gasteiger partial charge is 0.399 e. The Bertz CT molecular complexity index is 417. The maximum Gasteiger partial charge on any atom is 0.217 e. The van der Waals surface area contributed by atoms with E-state index >= 15 is 0 Å². The summed E-state index contributed by atoms with van der Waals surface area (Å²) in [6, 6.07) is 3.88. The summed E-state index contributed by atoms with van der Waals surface area (Å²) in [5.41, 5.74) is 10.7. The van der Waals surface area contributed by atoms with Crippen LogP contribution in [-0.2, 0) is 15.6 Å². The molecule has 0 aliphatic carbocycles.